The Hall–Kier alpha value is -3.62. The van der Waals surface area contributed by atoms with E-state index in [9.17, 15) is 27.6 Å². The molecule has 3 aromatic rings. The van der Waals surface area contributed by atoms with Gasteiger partial charge in [-0.2, -0.15) is 18.3 Å². The summed E-state index contributed by atoms with van der Waals surface area (Å²) in [6, 6.07) is 4.25. The van der Waals surface area contributed by atoms with Crippen molar-refractivity contribution in [1.29, 1.82) is 0 Å². The van der Waals surface area contributed by atoms with Gasteiger partial charge in [-0.05, 0) is 50.4 Å². The minimum absolute atomic E-state index is 0. The highest BCUT2D eigenvalue weighted by atomic mass is 35.5. The van der Waals surface area contributed by atoms with Crippen molar-refractivity contribution in [3.05, 3.63) is 52.7 Å². The molecule has 16 heteroatoms. The van der Waals surface area contributed by atoms with Crippen molar-refractivity contribution >= 4 is 47.4 Å². The van der Waals surface area contributed by atoms with E-state index in [0.29, 0.717) is 26.2 Å². The van der Waals surface area contributed by atoms with E-state index < -0.39 is 17.8 Å². The van der Waals surface area contributed by atoms with Crippen LogP contribution in [-0.2, 0) is 18.0 Å². The predicted molar refractivity (Wildman–Crippen MR) is 162 cm³/mol. The summed E-state index contributed by atoms with van der Waals surface area (Å²) >= 11 is 6.45. The third-order valence-corrected chi connectivity index (χ3v) is 8.65. The maximum Gasteiger partial charge on any atom is 0.435 e. The van der Waals surface area contributed by atoms with E-state index in [1.54, 1.807) is 9.80 Å². The Balaban J connectivity index is 0.00000400. The average Bonchev–Trinajstić information content (AvgIpc) is 3.64. The van der Waals surface area contributed by atoms with Gasteiger partial charge in [-0.15, -0.1) is 12.4 Å². The zero-order valence-corrected chi connectivity index (χ0v) is 26.0. The van der Waals surface area contributed by atoms with Gasteiger partial charge in [-0.1, -0.05) is 18.0 Å². The molecule has 1 saturated carbocycles. The molecule has 1 atom stereocenters. The van der Waals surface area contributed by atoms with E-state index in [4.69, 9.17) is 11.6 Å². The standard InChI is InChI=1S/C29H32ClF3N8O3.ClH/c1-38-23(20-16-41(18-6-7-18)37-24(20)29(31,32)33)15-35-25(38)26(42)36-17-5-8-19(21(30)14-17)27(43)39-10-12-40(13-11-39)28(44)22-4-2-3-9-34-22;/h5,8,14-16,18,22,34H,2-4,6-7,9-13H2,1H3,(H,36,42);1H. The van der Waals surface area contributed by atoms with Crippen LogP contribution in [0, 0.1) is 0 Å². The molecule has 11 nitrogen and oxygen atoms in total. The fourth-order valence-electron chi connectivity index (χ4n) is 5.72. The Morgan fingerprint density at radius 3 is 2.38 bits per heavy atom. The number of alkyl halides is 3. The maximum absolute atomic E-state index is 13.7. The number of nitrogens with one attached hydrogen (secondary N) is 2. The first-order valence-electron chi connectivity index (χ1n) is 14.6. The molecule has 2 N–H and O–H groups in total. The lowest BCUT2D eigenvalue weighted by molar-refractivity contribution is -0.141. The van der Waals surface area contributed by atoms with Gasteiger partial charge >= 0.3 is 6.18 Å². The van der Waals surface area contributed by atoms with Gasteiger partial charge < -0.3 is 25.0 Å². The van der Waals surface area contributed by atoms with Gasteiger partial charge in [0.2, 0.25) is 5.91 Å². The number of rotatable bonds is 6. The second-order valence-corrected chi connectivity index (χ2v) is 11.8. The number of carbonyl (C=O) groups is 3. The van der Waals surface area contributed by atoms with Crippen LogP contribution in [0.4, 0.5) is 18.9 Å². The molecule has 0 radical (unpaired) electrons. The molecule has 2 saturated heterocycles. The van der Waals surface area contributed by atoms with Gasteiger partial charge in [0.25, 0.3) is 11.8 Å². The molecule has 45 heavy (non-hydrogen) atoms. The SMILES string of the molecule is Cl.Cn1c(-c2cn(C3CC3)nc2C(F)(F)F)cnc1C(=O)Nc1ccc(C(=O)N2CCN(C(=O)C3CCCCN3)CC2)c(Cl)c1. The molecule has 1 aromatic carbocycles. The number of nitrogens with zero attached hydrogens (tertiary/aromatic N) is 6. The van der Waals surface area contributed by atoms with Crippen LogP contribution in [0.2, 0.25) is 5.02 Å². The van der Waals surface area contributed by atoms with Crippen molar-refractivity contribution in [2.45, 2.75) is 50.4 Å². The molecule has 2 aliphatic heterocycles. The first-order chi connectivity index (χ1) is 21.0. The van der Waals surface area contributed by atoms with Gasteiger partial charge in [0.1, 0.15) is 0 Å². The molecule has 242 valence electrons. The molecule has 0 bridgehead atoms. The summed E-state index contributed by atoms with van der Waals surface area (Å²) in [6.45, 7) is 2.46. The first kappa shape index (κ1) is 32.8. The molecule has 1 unspecified atom stereocenters. The summed E-state index contributed by atoms with van der Waals surface area (Å²) in [6.07, 6.45) is 2.33. The molecule has 3 aliphatic rings. The van der Waals surface area contributed by atoms with E-state index >= 15 is 0 Å². The number of benzene rings is 1. The lowest BCUT2D eigenvalue weighted by atomic mass is 10.0. The highest BCUT2D eigenvalue weighted by molar-refractivity contribution is 6.34. The number of halogens is 5. The fourth-order valence-corrected chi connectivity index (χ4v) is 5.98. The van der Waals surface area contributed by atoms with E-state index in [0.717, 1.165) is 38.6 Å². The Morgan fingerprint density at radius 2 is 1.76 bits per heavy atom. The van der Waals surface area contributed by atoms with E-state index in [2.05, 4.69) is 20.7 Å². The molecule has 2 aromatic heterocycles. The van der Waals surface area contributed by atoms with Crippen molar-refractivity contribution in [2.75, 3.05) is 38.0 Å². The van der Waals surface area contributed by atoms with Crippen LogP contribution in [0.15, 0.2) is 30.6 Å². The summed E-state index contributed by atoms with van der Waals surface area (Å²) < 4.78 is 43.8. The number of piperidine rings is 1. The minimum Gasteiger partial charge on any atom is -0.338 e. The maximum atomic E-state index is 13.7. The molecular formula is C29H33Cl2F3N8O3. The van der Waals surface area contributed by atoms with Gasteiger partial charge in [-0.25, -0.2) is 4.98 Å². The number of hydrogen-bond donors (Lipinski definition) is 2. The monoisotopic (exact) mass is 668 g/mol. The van der Waals surface area contributed by atoms with Gasteiger partial charge in [-0.3, -0.25) is 19.1 Å². The highest BCUT2D eigenvalue weighted by Gasteiger charge is 2.40. The molecule has 3 fully saturated rings. The molecule has 4 heterocycles. The van der Waals surface area contributed by atoms with Crippen LogP contribution >= 0.6 is 24.0 Å². The molecule has 1 aliphatic carbocycles. The summed E-state index contributed by atoms with van der Waals surface area (Å²) in [4.78, 5) is 46.6. The van der Waals surface area contributed by atoms with Crippen molar-refractivity contribution in [3.8, 4) is 11.3 Å². The van der Waals surface area contributed by atoms with Gasteiger partial charge in [0.15, 0.2) is 11.5 Å². The van der Waals surface area contributed by atoms with Crippen molar-refractivity contribution in [2.24, 2.45) is 7.05 Å². The summed E-state index contributed by atoms with van der Waals surface area (Å²) in [5, 5.41) is 9.81. The Bertz CT molecular complexity index is 1590. The van der Waals surface area contributed by atoms with Gasteiger partial charge in [0.05, 0.1) is 40.1 Å². The first-order valence-corrected chi connectivity index (χ1v) is 15.0. The van der Waals surface area contributed by atoms with Crippen LogP contribution in [0.5, 0.6) is 0 Å². The third kappa shape index (κ3) is 6.82. The topological polar surface area (TPSA) is 117 Å². The van der Waals surface area contributed by atoms with E-state index in [-0.39, 0.29) is 69.7 Å². The summed E-state index contributed by atoms with van der Waals surface area (Å²) in [5.74, 6) is -0.981. The number of aromatic nitrogens is 4. The van der Waals surface area contributed by atoms with E-state index in [1.165, 1.54) is 46.9 Å². The Kier molecular flexibility index (Phi) is 9.47. The number of carbonyl (C=O) groups excluding carboxylic acids is 3. The van der Waals surface area contributed by atoms with Crippen molar-refractivity contribution < 1.29 is 27.6 Å². The second-order valence-electron chi connectivity index (χ2n) is 11.4. The predicted octanol–water partition coefficient (Wildman–Crippen LogP) is 4.39. The van der Waals surface area contributed by atoms with E-state index in [1.807, 2.05) is 0 Å². The molecular weight excluding hydrogens is 636 g/mol. The Labute approximate surface area is 268 Å². The van der Waals surface area contributed by atoms with Gasteiger partial charge in [0, 0.05) is 45.1 Å². The number of piperazine rings is 1. The van der Waals surface area contributed by atoms with Crippen LogP contribution in [0.25, 0.3) is 11.3 Å². The lowest BCUT2D eigenvalue weighted by Gasteiger charge is -2.37. The minimum atomic E-state index is -4.67. The fraction of sp³-hybridized carbons (Fsp3) is 0.483. The number of anilines is 1. The largest absolute Gasteiger partial charge is 0.435 e. The smallest absolute Gasteiger partial charge is 0.338 e. The van der Waals surface area contributed by atoms with Crippen LogP contribution in [0.3, 0.4) is 0 Å². The van der Waals surface area contributed by atoms with Crippen LogP contribution in [0.1, 0.15) is 64.8 Å². The van der Waals surface area contributed by atoms with Crippen molar-refractivity contribution in [3.63, 3.8) is 0 Å². The quantitative estimate of drug-likeness (QED) is 0.403. The summed E-state index contributed by atoms with van der Waals surface area (Å²) in [5.41, 5.74) is -0.537. The second kappa shape index (κ2) is 13.0. The molecule has 6 rings (SSSR count). The zero-order valence-electron chi connectivity index (χ0n) is 24.4. The van der Waals surface area contributed by atoms with Crippen molar-refractivity contribution in [1.82, 2.24) is 34.4 Å². The number of hydrogen-bond acceptors (Lipinski definition) is 6. The Morgan fingerprint density at radius 1 is 1.04 bits per heavy atom. The normalized spacial score (nSPS) is 18.8. The lowest BCUT2D eigenvalue weighted by Crippen LogP contribution is -2.55. The third-order valence-electron chi connectivity index (χ3n) is 8.33. The van der Waals surface area contributed by atoms with Crippen LogP contribution in [-0.4, -0.2) is 85.6 Å². The number of imidazole rings is 1. The highest BCUT2D eigenvalue weighted by Crippen LogP contribution is 2.41. The van der Waals surface area contributed by atoms with Crippen LogP contribution < -0.4 is 10.6 Å². The number of amides is 3. The summed E-state index contributed by atoms with van der Waals surface area (Å²) in [7, 11) is 1.46. The molecule has 0 spiro atoms. The average molecular weight is 670 g/mol. The molecule has 3 amide bonds. The zero-order chi connectivity index (χ0) is 31.2.